The predicted octanol–water partition coefficient (Wildman–Crippen LogP) is 14.6. The Balaban J connectivity index is 4.34. The Labute approximate surface area is 329 Å². The second-order valence-electron chi connectivity index (χ2n) is 15.7. The second kappa shape index (κ2) is 42.9. The summed E-state index contributed by atoms with van der Waals surface area (Å²) in [6, 6.07) is 0. The molecule has 0 radical (unpaired) electrons. The Hall–Kier alpha value is -1.85. The first-order valence-electron chi connectivity index (χ1n) is 23.2. The fourth-order valence-corrected chi connectivity index (χ4v) is 6.73. The predicted molar refractivity (Wildman–Crippen MR) is 224 cm³/mol. The van der Waals surface area contributed by atoms with E-state index >= 15 is 0 Å². The molecule has 0 fully saturated rings. The molecule has 53 heavy (non-hydrogen) atoms. The molecular weight excluding hydrogens is 661 g/mol. The highest BCUT2D eigenvalue weighted by molar-refractivity contribution is 5.71. The van der Waals surface area contributed by atoms with Crippen LogP contribution in [0.25, 0.3) is 0 Å². The first-order chi connectivity index (χ1) is 26.0. The van der Waals surface area contributed by atoms with Gasteiger partial charge >= 0.3 is 17.9 Å². The fraction of sp³-hybridized carbons (Fsp3) is 0.894. The average molecular weight is 749 g/mol. The minimum atomic E-state index is -0.764. The Bertz CT molecular complexity index is 824. The van der Waals surface area contributed by atoms with E-state index in [1.165, 1.54) is 148 Å². The lowest BCUT2D eigenvalue weighted by Crippen LogP contribution is -2.30. The molecule has 312 valence electrons. The highest BCUT2D eigenvalue weighted by Crippen LogP contribution is 2.15. The summed E-state index contributed by atoms with van der Waals surface area (Å²) in [4.78, 5) is 37.7. The minimum Gasteiger partial charge on any atom is -0.462 e. The van der Waals surface area contributed by atoms with Crippen molar-refractivity contribution in [1.29, 1.82) is 0 Å². The van der Waals surface area contributed by atoms with Gasteiger partial charge < -0.3 is 14.2 Å². The normalized spacial score (nSPS) is 12.0. The maximum Gasteiger partial charge on any atom is 0.306 e. The highest BCUT2D eigenvalue weighted by atomic mass is 16.6. The molecule has 0 unspecified atom stereocenters. The molecular formula is C47H88O6. The van der Waals surface area contributed by atoms with Gasteiger partial charge in [0.25, 0.3) is 0 Å². The van der Waals surface area contributed by atoms with E-state index in [0.717, 1.165) is 64.2 Å². The van der Waals surface area contributed by atoms with Gasteiger partial charge in [0.2, 0.25) is 0 Å². The van der Waals surface area contributed by atoms with E-state index in [9.17, 15) is 14.4 Å². The fourth-order valence-electron chi connectivity index (χ4n) is 6.73. The van der Waals surface area contributed by atoms with Crippen molar-refractivity contribution < 1.29 is 28.6 Å². The number of esters is 3. The van der Waals surface area contributed by atoms with Gasteiger partial charge in [-0.25, -0.2) is 0 Å². The molecule has 0 saturated carbocycles. The molecule has 6 nitrogen and oxygen atoms in total. The number of unbranched alkanes of at least 4 members (excludes halogenated alkanes) is 29. The molecule has 0 N–H and O–H groups in total. The van der Waals surface area contributed by atoms with E-state index in [1.807, 2.05) is 0 Å². The zero-order valence-electron chi connectivity index (χ0n) is 35.6. The van der Waals surface area contributed by atoms with Gasteiger partial charge in [0.15, 0.2) is 6.10 Å². The topological polar surface area (TPSA) is 78.9 Å². The van der Waals surface area contributed by atoms with E-state index in [-0.39, 0.29) is 31.1 Å². The Kier molecular flexibility index (Phi) is 41.4. The van der Waals surface area contributed by atoms with Gasteiger partial charge in [-0.15, -0.1) is 0 Å². The summed E-state index contributed by atoms with van der Waals surface area (Å²) in [6.07, 6.45) is 44.7. The van der Waals surface area contributed by atoms with Crippen molar-refractivity contribution >= 4 is 17.9 Å². The lowest BCUT2D eigenvalue weighted by molar-refractivity contribution is -0.167. The number of carbonyl (C=O) groups excluding carboxylic acids is 3. The molecule has 1 atom stereocenters. The number of allylic oxidation sites excluding steroid dienone is 2. The summed E-state index contributed by atoms with van der Waals surface area (Å²) in [6.45, 7) is 6.61. The SMILES string of the molecule is CCCCCC/C=C\CCCCCCCC(=O)OC[C@@H](COC(=O)CCCCCCCCCCCC)OC(=O)CCCCCCCCCCCCCC. The van der Waals surface area contributed by atoms with Crippen LogP contribution in [-0.2, 0) is 28.6 Å². The molecule has 6 heteroatoms. The Morgan fingerprint density at radius 1 is 0.358 bits per heavy atom. The van der Waals surface area contributed by atoms with Crippen molar-refractivity contribution in [3.05, 3.63) is 12.2 Å². The molecule has 0 bridgehead atoms. The van der Waals surface area contributed by atoms with E-state index < -0.39 is 6.10 Å². The van der Waals surface area contributed by atoms with Crippen LogP contribution in [0.2, 0.25) is 0 Å². The van der Waals surface area contributed by atoms with Crippen molar-refractivity contribution in [3.8, 4) is 0 Å². The molecule has 0 rings (SSSR count). The zero-order valence-corrected chi connectivity index (χ0v) is 35.6. The van der Waals surface area contributed by atoms with Gasteiger partial charge in [-0.2, -0.15) is 0 Å². The standard InChI is InChI=1S/C47H88O6/c1-4-7-10-13-16-19-22-24-26-28-31-34-37-40-46(49)52-43-44(42-51-45(48)39-36-33-30-27-21-18-15-12-9-6-3)53-47(50)41-38-35-32-29-25-23-20-17-14-11-8-5-2/h19,22,44H,4-18,20-21,23-43H2,1-3H3/b22-19-/t44-/m1/s1. The Morgan fingerprint density at radius 3 is 0.962 bits per heavy atom. The van der Waals surface area contributed by atoms with Gasteiger partial charge in [-0.05, 0) is 44.9 Å². The van der Waals surface area contributed by atoms with Gasteiger partial charge in [0.1, 0.15) is 13.2 Å². The lowest BCUT2D eigenvalue weighted by Gasteiger charge is -2.18. The quantitative estimate of drug-likeness (QED) is 0.0268. The molecule has 0 aliphatic carbocycles. The summed E-state index contributed by atoms with van der Waals surface area (Å²) >= 11 is 0. The lowest BCUT2D eigenvalue weighted by atomic mass is 10.0. The summed E-state index contributed by atoms with van der Waals surface area (Å²) in [5.41, 5.74) is 0. The van der Waals surface area contributed by atoms with Crippen LogP contribution in [0, 0.1) is 0 Å². The molecule has 0 aromatic rings. The van der Waals surface area contributed by atoms with Crippen molar-refractivity contribution in [2.75, 3.05) is 13.2 Å². The molecule has 0 spiro atoms. The maximum absolute atomic E-state index is 12.7. The molecule has 0 aliphatic rings. The van der Waals surface area contributed by atoms with E-state index in [0.29, 0.717) is 19.3 Å². The van der Waals surface area contributed by atoms with Gasteiger partial charge in [0, 0.05) is 19.3 Å². The van der Waals surface area contributed by atoms with E-state index in [4.69, 9.17) is 14.2 Å². The van der Waals surface area contributed by atoms with Crippen LogP contribution in [-0.4, -0.2) is 37.2 Å². The number of hydrogen-bond donors (Lipinski definition) is 0. The van der Waals surface area contributed by atoms with Crippen molar-refractivity contribution in [2.45, 2.75) is 258 Å². The largest absolute Gasteiger partial charge is 0.462 e. The third kappa shape index (κ3) is 41.2. The van der Waals surface area contributed by atoms with Crippen LogP contribution < -0.4 is 0 Å². The van der Waals surface area contributed by atoms with Crippen LogP contribution in [0.4, 0.5) is 0 Å². The zero-order chi connectivity index (χ0) is 38.7. The third-order valence-electron chi connectivity index (χ3n) is 10.3. The van der Waals surface area contributed by atoms with E-state index in [1.54, 1.807) is 0 Å². The van der Waals surface area contributed by atoms with Gasteiger partial charge in [-0.1, -0.05) is 200 Å². The van der Waals surface area contributed by atoms with Crippen LogP contribution >= 0.6 is 0 Å². The number of ether oxygens (including phenoxy) is 3. The van der Waals surface area contributed by atoms with Crippen molar-refractivity contribution in [2.24, 2.45) is 0 Å². The minimum absolute atomic E-state index is 0.0682. The van der Waals surface area contributed by atoms with Crippen molar-refractivity contribution in [3.63, 3.8) is 0 Å². The smallest absolute Gasteiger partial charge is 0.306 e. The van der Waals surface area contributed by atoms with Crippen LogP contribution in [0.1, 0.15) is 252 Å². The summed E-state index contributed by atoms with van der Waals surface area (Å²) < 4.78 is 16.7. The number of hydrogen-bond acceptors (Lipinski definition) is 6. The Morgan fingerprint density at radius 2 is 0.623 bits per heavy atom. The molecule has 0 saturated heterocycles. The number of rotatable bonds is 42. The first kappa shape index (κ1) is 51.1. The van der Waals surface area contributed by atoms with Gasteiger partial charge in [0.05, 0.1) is 0 Å². The van der Waals surface area contributed by atoms with E-state index in [2.05, 4.69) is 32.9 Å². The van der Waals surface area contributed by atoms with Crippen LogP contribution in [0.3, 0.4) is 0 Å². The maximum atomic E-state index is 12.7. The molecule has 0 aliphatic heterocycles. The van der Waals surface area contributed by atoms with Crippen LogP contribution in [0.15, 0.2) is 12.2 Å². The van der Waals surface area contributed by atoms with Crippen LogP contribution in [0.5, 0.6) is 0 Å². The monoisotopic (exact) mass is 749 g/mol. The second-order valence-corrected chi connectivity index (χ2v) is 15.7. The first-order valence-corrected chi connectivity index (χ1v) is 23.2. The molecule has 0 aromatic heterocycles. The highest BCUT2D eigenvalue weighted by Gasteiger charge is 2.19. The third-order valence-corrected chi connectivity index (χ3v) is 10.3. The summed E-state index contributed by atoms with van der Waals surface area (Å²) in [7, 11) is 0. The summed E-state index contributed by atoms with van der Waals surface area (Å²) in [5, 5.41) is 0. The molecule has 0 heterocycles. The van der Waals surface area contributed by atoms with Gasteiger partial charge in [-0.3, -0.25) is 14.4 Å². The molecule has 0 aromatic carbocycles. The van der Waals surface area contributed by atoms with Crippen molar-refractivity contribution in [1.82, 2.24) is 0 Å². The molecule has 0 amide bonds. The number of carbonyl (C=O) groups is 3. The summed E-state index contributed by atoms with van der Waals surface area (Å²) in [5.74, 6) is -0.870. The average Bonchev–Trinajstić information content (AvgIpc) is 3.15.